The van der Waals surface area contributed by atoms with E-state index in [0.29, 0.717) is 42.0 Å². The molecule has 2 atom stereocenters. The first kappa shape index (κ1) is 22.7. The molecule has 1 aliphatic heterocycles. The summed E-state index contributed by atoms with van der Waals surface area (Å²) in [4.78, 5) is 26.8. The minimum atomic E-state index is -1.19. The molecule has 1 unspecified atom stereocenters. The quantitative estimate of drug-likeness (QED) is 0.481. The zero-order valence-corrected chi connectivity index (χ0v) is 19.0. The van der Waals surface area contributed by atoms with Crippen LogP contribution in [0.15, 0.2) is 24.3 Å². The normalized spacial score (nSPS) is 16.9. The van der Waals surface area contributed by atoms with Crippen molar-refractivity contribution >= 4 is 40.1 Å². The Kier molecular flexibility index (Phi) is 6.31. The minimum absolute atomic E-state index is 0.0925. The summed E-state index contributed by atoms with van der Waals surface area (Å²) in [5.41, 5.74) is 3.27. The van der Waals surface area contributed by atoms with Gasteiger partial charge in [-0.05, 0) is 50.5 Å². The molecular formula is C23H23ClN6O3. The molecule has 3 N–H and O–H groups in total. The number of piperidine rings is 1. The first-order chi connectivity index (χ1) is 15.8. The fraction of sp³-hybridized carbons (Fsp3) is 0.348. The summed E-state index contributed by atoms with van der Waals surface area (Å²) < 4.78 is 0. The number of nitrogens with zero attached hydrogens (tertiary/aromatic N) is 5. The van der Waals surface area contributed by atoms with E-state index in [1.165, 1.54) is 6.07 Å². The van der Waals surface area contributed by atoms with E-state index in [2.05, 4.69) is 21.4 Å². The molecule has 2 aromatic heterocycles. The highest BCUT2D eigenvalue weighted by molar-refractivity contribution is 6.29. The third-order valence-electron chi connectivity index (χ3n) is 5.63. The van der Waals surface area contributed by atoms with Gasteiger partial charge < -0.3 is 20.4 Å². The fourth-order valence-corrected chi connectivity index (χ4v) is 4.27. The van der Waals surface area contributed by atoms with Gasteiger partial charge in [0.2, 0.25) is 0 Å². The van der Waals surface area contributed by atoms with Gasteiger partial charge in [0, 0.05) is 18.7 Å². The molecule has 1 aliphatic rings. The van der Waals surface area contributed by atoms with Gasteiger partial charge in [-0.3, -0.25) is 0 Å². The number of anilines is 2. The molecule has 3 aromatic rings. The molecule has 0 bridgehead atoms. The number of hydrogen-bond donors (Lipinski definition) is 3. The number of aliphatic hydroxyl groups is 1. The summed E-state index contributed by atoms with van der Waals surface area (Å²) in [5, 5.41) is 32.6. The van der Waals surface area contributed by atoms with Crippen LogP contribution >= 0.6 is 11.6 Å². The predicted octanol–water partition coefficient (Wildman–Crippen LogP) is 3.69. The Morgan fingerprint density at radius 3 is 2.82 bits per heavy atom. The second-order valence-electron chi connectivity index (χ2n) is 8.17. The van der Waals surface area contributed by atoms with Crippen molar-refractivity contribution in [3.63, 3.8) is 0 Å². The number of carbonyl (C=O) groups is 1. The molecule has 1 fully saturated rings. The van der Waals surface area contributed by atoms with Crippen LogP contribution in [0.1, 0.15) is 53.1 Å². The number of aromatic nitrogens is 3. The van der Waals surface area contributed by atoms with Gasteiger partial charge in [-0.25, -0.2) is 19.7 Å². The number of nitrogens with one attached hydrogen (secondary N) is 1. The van der Waals surface area contributed by atoms with Crippen LogP contribution in [0.2, 0.25) is 5.15 Å². The van der Waals surface area contributed by atoms with Crippen LogP contribution in [0.25, 0.3) is 11.0 Å². The molecule has 1 aromatic carbocycles. The Bertz CT molecular complexity index is 1280. The van der Waals surface area contributed by atoms with Crippen molar-refractivity contribution < 1.29 is 15.0 Å². The molecule has 0 radical (unpaired) electrons. The van der Waals surface area contributed by atoms with Gasteiger partial charge in [0.05, 0.1) is 28.9 Å². The largest absolute Gasteiger partial charge is 0.476 e. The predicted molar refractivity (Wildman–Crippen MR) is 125 cm³/mol. The van der Waals surface area contributed by atoms with Gasteiger partial charge >= 0.3 is 5.97 Å². The number of rotatable bonds is 5. The lowest BCUT2D eigenvalue weighted by atomic mass is 10.0. The molecule has 170 valence electrons. The minimum Gasteiger partial charge on any atom is -0.476 e. The lowest BCUT2D eigenvalue weighted by Crippen LogP contribution is -2.39. The third kappa shape index (κ3) is 4.67. The van der Waals surface area contributed by atoms with Gasteiger partial charge in [-0.15, -0.1) is 0 Å². The summed E-state index contributed by atoms with van der Waals surface area (Å²) in [5.74, 6) is -0.744. The number of nitriles is 1. The van der Waals surface area contributed by atoms with Gasteiger partial charge in [0.1, 0.15) is 11.2 Å². The van der Waals surface area contributed by atoms with E-state index < -0.39 is 12.1 Å². The van der Waals surface area contributed by atoms with E-state index in [1.807, 2.05) is 30.9 Å². The Hall–Kier alpha value is -3.48. The van der Waals surface area contributed by atoms with Crippen LogP contribution in [0.5, 0.6) is 0 Å². The maximum atomic E-state index is 11.6. The highest BCUT2D eigenvalue weighted by Crippen LogP contribution is 2.31. The van der Waals surface area contributed by atoms with Crippen LogP contribution in [0.4, 0.5) is 11.5 Å². The number of fused-ring (bicyclic) bond motifs is 1. The number of aromatic carboxylic acids is 1. The monoisotopic (exact) mass is 466 g/mol. The molecule has 33 heavy (non-hydrogen) atoms. The SMILES string of the molecule is Cc1cc([C@@H](C)Nc2ccc(Cl)nc2C(=O)O)c2nc(N3CCCC(O)C3)c(C#N)nc2c1. The third-order valence-corrected chi connectivity index (χ3v) is 5.84. The number of carboxylic acid groups (broad SMARTS) is 1. The second kappa shape index (κ2) is 9.17. The maximum Gasteiger partial charge on any atom is 0.356 e. The van der Waals surface area contributed by atoms with E-state index in [-0.39, 0.29) is 22.6 Å². The van der Waals surface area contributed by atoms with Crippen LogP contribution in [0, 0.1) is 18.3 Å². The smallest absolute Gasteiger partial charge is 0.356 e. The van der Waals surface area contributed by atoms with Crippen LogP contribution < -0.4 is 10.2 Å². The zero-order valence-electron chi connectivity index (χ0n) is 18.2. The molecule has 0 saturated carbocycles. The van der Waals surface area contributed by atoms with Crippen LogP contribution in [0.3, 0.4) is 0 Å². The summed E-state index contributed by atoms with van der Waals surface area (Å²) >= 11 is 5.87. The molecule has 0 spiro atoms. The van der Waals surface area contributed by atoms with Crippen molar-refractivity contribution in [2.45, 2.75) is 38.8 Å². The first-order valence-electron chi connectivity index (χ1n) is 10.6. The number of β-amino-alcohol motifs (C(OH)–C–C–N with tert-alkyl or cyclic N) is 1. The highest BCUT2D eigenvalue weighted by Gasteiger charge is 2.24. The van der Waals surface area contributed by atoms with Gasteiger partial charge in [-0.2, -0.15) is 5.26 Å². The number of hydrogen-bond acceptors (Lipinski definition) is 8. The van der Waals surface area contributed by atoms with Crippen molar-refractivity contribution in [2.75, 3.05) is 23.3 Å². The molecule has 4 rings (SSSR count). The van der Waals surface area contributed by atoms with Crippen molar-refractivity contribution in [1.82, 2.24) is 15.0 Å². The zero-order chi connectivity index (χ0) is 23.7. The van der Waals surface area contributed by atoms with E-state index >= 15 is 0 Å². The molecule has 9 nitrogen and oxygen atoms in total. The molecule has 1 saturated heterocycles. The van der Waals surface area contributed by atoms with Crippen LogP contribution in [-0.2, 0) is 0 Å². The fourth-order valence-electron chi connectivity index (χ4n) is 4.12. The lowest BCUT2D eigenvalue weighted by Gasteiger charge is -2.31. The average molecular weight is 467 g/mol. The molecule has 10 heteroatoms. The Labute approximate surface area is 195 Å². The van der Waals surface area contributed by atoms with Crippen molar-refractivity contribution in [3.8, 4) is 6.07 Å². The topological polar surface area (TPSA) is 135 Å². The Morgan fingerprint density at radius 2 is 2.12 bits per heavy atom. The number of carboxylic acids is 1. The van der Waals surface area contributed by atoms with E-state index in [4.69, 9.17) is 16.6 Å². The number of aryl methyl sites for hydroxylation is 1. The second-order valence-corrected chi connectivity index (χ2v) is 8.56. The van der Waals surface area contributed by atoms with E-state index in [1.54, 1.807) is 6.07 Å². The molecule has 0 aliphatic carbocycles. The van der Waals surface area contributed by atoms with Crippen molar-refractivity contribution in [1.29, 1.82) is 5.26 Å². The van der Waals surface area contributed by atoms with Crippen LogP contribution in [-0.4, -0.2) is 50.3 Å². The lowest BCUT2D eigenvalue weighted by molar-refractivity contribution is 0.0691. The van der Waals surface area contributed by atoms with Crippen molar-refractivity contribution in [3.05, 3.63) is 51.9 Å². The number of benzene rings is 1. The number of pyridine rings is 1. The van der Waals surface area contributed by atoms with Gasteiger partial charge in [0.15, 0.2) is 17.2 Å². The summed E-state index contributed by atoms with van der Waals surface area (Å²) in [7, 11) is 0. The standard InChI is InChI=1S/C23H23ClN6O3/c1-12-8-15(13(2)26-16-5-6-19(24)28-21(16)23(32)33)20-17(9-12)27-18(10-25)22(29-20)30-7-3-4-14(31)11-30/h5-6,8-9,13-14,26,31H,3-4,7,11H2,1-2H3,(H,32,33)/t13-,14?/m1/s1. The maximum absolute atomic E-state index is 11.6. The molecule has 3 heterocycles. The molecular weight excluding hydrogens is 444 g/mol. The Balaban J connectivity index is 1.80. The van der Waals surface area contributed by atoms with Gasteiger partial charge in [0.25, 0.3) is 0 Å². The number of aliphatic hydroxyl groups excluding tert-OH is 1. The summed E-state index contributed by atoms with van der Waals surface area (Å²) in [6.07, 6.45) is 1.03. The highest BCUT2D eigenvalue weighted by atomic mass is 35.5. The summed E-state index contributed by atoms with van der Waals surface area (Å²) in [6.45, 7) is 4.88. The summed E-state index contributed by atoms with van der Waals surface area (Å²) in [6, 6.07) is 8.70. The van der Waals surface area contributed by atoms with Gasteiger partial charge in [-0.1, -0.05) is 17.7 Å². The Morgan fingerprint density at radius 1 is 1.33 bits per heavy atom. The van der Waals surface area contributed by atoms with E-state index in [0.717, 1.165) is 17.5 Å². The average Bonchev–Trinajstić information content (AvgIpc) is 2.78. The molecule has 0 amide bonds. The number of halogens is 1. The first-order valence-corrected chi connectivity index (χ1v) is 11.0. The van der Waals surface area contributed by atoms with E-state index in [9.17, 15) is 20.3 Å². The van der Waals surface area contributed by atoms with Crippen molar-refractivity contribution in [2.24, 2.45) is 0 Å².